The Morgan fingerprint density at radius 3 is 1.65 bits per heavy atom. The van der Waals surface area contributed by atoms with Crippen LogP contribution in [0.4, 0.5) is 5.69 Å². The van der Waals surface area contributed by atoms with Crippen LogP contribution in [0.3, 0.4) is 0 Å². The Morgan fingerprint density at radius 1 is 0.478 bits per heavy atom. The van der Waals surface area contributed by atoms with Crippen LogP contribution >= 0.6 is 0 Å². The van der Waals surface area contributed by atoms with Crippen molar-refractivity contribution in [2.45, 2.75) is 0 Å². The third-order valence-electron chi connectivity index (χ3n) is 8.60. The molecule has 0 spiro atoms. The highest BCUT2D eigenvalue weighted by Gasteiger charge is 2.22. The summed E-state index contributed by atoms with van der Waals surface area (Å²) in [5.74, 6) is 0. The van der Waals surface area contributed by atoms with Gasteiger partial charge in [0.15, 0.2) is 5.69 Å². The standard InChI is InChI=1S/C40H20N6/c1-44-29-14-16-33-31-10-3-5-12-36(31)46(40(33)21-29)39-20-28(27-8-6-7-25(17-27)22-41)19-38(34(39)24-43)45-35-11-4-2-9-30(35)32-15-13-26(23-42)18-37(32)45/h2-21H. The highest BCUT2D eigenvalue weighted by Crippen LogP contribution is 2.41. The lowest BCUT2D eigenvalue weighted by Gasteiger charge is -2.18. The van der Waals surface area contributed by atoms with Gasteiger partial charge in [-0.1, -0.05) is 66.7 Å². The molecular formula is C40H20N6. The monoisotopic (exact) mass is 584 g/mol. The summed E-state index contributed by atoms with van der Waals surface area (Å²) in [5, 5.41) is 34.5. The van der Waals surface area contributed by atoms with E-state index in [0.717, 1.165) is 54.7 Å². The number of hydrogen-bond acceptors (Lipinski definition) is 3. The van der Waals surface area contributed by atoms with E-state index in [0.29, 0.717) is 33.8 Å². The van der Waals surface area contributed by atoms with Crippen LogP contribution in [0.25, 0.3) is 71.0 Å². The van der Waals surface area contributed by atoms with Gasteiger partial charge in [-0.3, -0.25) is 0 Å². The molecule has 2 aromatic heterocycles. The summed E-state index contributed by atoms with van der Waals surface area (Å²) >= 11 is 0. The second-order valence-corrected chi connectivity index (χ2v) is 11.1. The van der Waals surface area contributed by atoms with Crippen molar-refractivity contribution in [2.75, 3.05) is 0 Å². The van der Waals surface area contributed by atoms with Crippen LogP contribution in [0, 0.1) is 40.6 Å². The fourth-order valence-corrected chi connectivity index (χ4v) is 6.60. The normalized spacial score (nSPS) is 11.0. The van der Waals surface area contributed by atoms with Crippen LogP contribution < -0.4 is 0 Å². The van der Waals surface area contributed by atoms with Gasteiger partial charge < -0.3 is 9.13 Å². The van der Waals surface area contributed by atoms with Crippen molar-refractivity contribution in [3.8, 4) is 40.7 Å². The van der Waals surface area contributed by atoms with Gasteiger partial charge in [0.25, 0.3) is 0 Å². The van der Waals surface area contributed by atoms with Gasteiger partial charge in [-0.15, -0.1) is 0 Å². The second-order valence-electron chi connectivity index (χ2n) is 11.1. The summed E-state index contributed by atoms with van der Waals surface area (Å²) in [4.78, 5) is 3.71. The molecule has 6 heteroatoms. The quantitative estimate of drug-likeness (QED) is 0.194. The maximum absolute atomic E-state index is 11.0. The Bertz CT molecular complexity index is 2600. The fraction of sp³-hybridized carbons (Fsp3) is 0. The van der Waals surface area contributed by atoms with Crippen molar-refractivity contribution < 1.29 is 0 Å². The summed E-state index contributed by atoms with van der Waals surface area (Å²) in [7, 11) is 0. The molecule has 8 rings (SSSR count). The Hall–Kier alpha value is -7.12. The van der Waals surface area contributed by atoms with Crippen molar-refractivity contribution in [1.29, 1.82) is 15.8 Å². The molecule has 0 bridgehead atoms. The van der Waals surface area contributed by atoms with E-state index in [1.165, 1.54) is 0 Å². The molecule has 0 atom stereocenters. The molecular weight excluding hydrogens is 564 g/mol. The van der Waals surface area contributed by atoms with Crippen molar-refractivity contribution in [2.24, 2.45) is 0 Å². The van der Waals surface area contributed by atoms with E-state index in [1.807, 2.05) is 109 Å². The third kappa shape index (κ3) is 3.86. The van der Waals surface area contributed by atoms with E-state index in [1.54, 1.807) is 6.07 Å². The van der Waals surface area contributed by atoms with Crippen molar-refractivity contribution >= 4 is 49.3 Å². The minimum Gasteiger partial charge on any atom is -0.309 e. The smallest absolute Gasteiger partial charge is 0.189 e. The molecule has 0 saturated carbocycles. The van der Waals surface area contributed by atoms with Gasteiger partial charge in [-0.05, 0) is 65.7 Å². The summed E-state index contributed by atoms with van der Waals surface area (Å²) in [6, 6.07) is 45.8. The number of nitrogens with zero attached hydrogens (tertiary/aromatic N) is 6. The summed E-state index contributed by atoms with van der Waals surface area (Å²) < 4.78 is 4.12. The molecule has 0 aliphatic heterocycles. The first-order valence-corrected chi connectivity index (χ1v) is 14.6. The van der Waals surface area contributed by atoms with E-state index in [-0.39, 0.29) is 0 Å². The van der Waals surface area contributed by atoms with Crippen LogP contribution in [0.2, 0.25) is 0 Å². The highest BCUT2D eigenvalue weighted by molar-refractivity contribution is 6.12. The first kappa shape index (κ1) is 26.5. The molecule has 8 aromatic rings. The van der Waals surface area contributed by atoms with E-state index >= 15 is 0 Å². The van der Waals surface area contributed by atoms with Gasteiger partial charge >= 0.3 is 0 Å². The Balaban J connectivity index is 1.58. The number of fused-ring (bicyclic) bond motifs is 6. The van der Waals surface area contributed by atoms with E-state index in [9.17, 15) is 15.8 Å². The van der Waals surface area contributed by atoms with Crippen molar-refractivity contribution in [3.05, 3.63) is 149 Å². The second kappa shape index (κ2) is 10.3. The maximum Gasteiger partial charge on any atom is 0.189 e. The number of rotatable bonds is 3. The van der Waals surface area contributed by atoms with Gasteiger partial charge in [0, 0.05) is 27.1 Å². The zero-order chi connectivity index (χ0) is 31.4. The van der Waals surface area contributed by atoms with Gasteiger partial charge in [-0.25, -0.2) is 4.85 Å². The first-order valence-electron chi connectivity index (χ1n) is 14.6. The van der Waals surface area contributed by atoms with Gasteiger partial charge in [-0.2, -0.15) is 15.8 Å². The van der Waals surface area contributed by atoms with Crippen LogP contribution in [-0.4, -0.2) is 9.13 Å². The third-order valence-corrected chi connectivity index (χ3v) is 8.60. The zero-order valence-corrected chi connectivity index (χ0v) is 24.2. The predicted octanol–water partition coefficient (Wildman–Crippen LogP) is 9.71. The van der Waals surface area contributed by atoms with Gasteiger partial charge in [0.05, 0.1) is 57.8 Å². The molecule has 0 aliphatic carbocycles. The molecule has 0 aliphatic rings. The molecule has 0 radical (unpaired) electrons. The Morgan fingerprint density at radius 2 is 1.04 bits per heavy atom. The van der Waals surface area contributed by atoms with E-state index in [2.05, 4.69) is 38.3 Å². The summed E-state index contributed by atoms with van der Waals surface area (Å²) in [6.45, 7) is 7.72. The van der Waals surface area contributed by atoms with Crippen molar-refractivity contribution in [1.82, 2.24) is 9.13 Å². The average molecular weight is 585 g/mol. The fourth-order valence-electron chi connectivity index (χ4n) is 6.60. The Kier molecular flexibility index (Phi) is 5.91. The Labute approximate surface area is 263 Å². The van der Waals surface area contributed by atoms with Crippen LogP contribution in [-0.2, 0) is 0 Å². The molecule has 0 unspecified atom stereocenters. The van der Waals surface area contributed by atoms with Crippen LogP contribution in [0.15, 0.2) is 121 Å². The van der Waals surface area contributed by atoms with Crippen LogP contribution in [0.1, 0.15) is 16.7 Å². The molecule has 0 fully saturated rings. The highest BCUT2D eigenvalue weighted by atomic mass is 15.0. The minimum absolute atomic E-state index is 0.432. The zero-order valence-electron chi connectivity index (χ0n) is 24.2. The molecule has 210 valence electrons. The summed E-state index contributed by atoms with van der Waals surface area (Å²) in [6.07, 6.45) is 0. The van der Waals surface area contributed by atoms with Gasteiger partial charge in [0.2, 0.25) is 0 Å². The molecule has 0 N–H and O–H groups in total. The van der Waals surface area contributed by atoms with Crippen molar-refractivity contribution in [3.63, 3.8) is 0 Å². The number of nitriles is 3. The minimum atomic E-state index is 0.432. The lowest BCUT2D eigenvalue weighted by Crippen LogP contribution is -2.05. The number of hydrogen-bond donors (Lipinski definition) is 0. The molecule has 2 heterocycles. The van der Waals surface area contributed by atoms with E-state index < -0.39 is 0 Å². The largest absolute Gasteiger partial charge is 0.309 e. The molecule has 6 nitrogen and oxygen atoms in total. The predicted molar refractivity (Wildman–Crippen MR) is 181 cm³/mol. The number of aromatic nitrogens is 2. The molecule has 0 saturated heterocycles. The topological polar surface area (TPSA) is 85.6 Å². The average Bonchev–Trinajstić information content (AvgIpc) is 3.62. The lowest BCUT2D eigenvalue weighted by atomic mass is 9.98. The van der Waals surface area contributed by atoms with Gasteiger partial charge in [0.1, 0.15) is 11.6 Å². The summed E-state index contributed by atoms with van der Waals surface area (Å²) in [5.41, 5.74) is 8.33. The number of para-hydroxylation sites is 2. The molecule has 46 heavy (non-hydrogen) atoms. The first-order chi connectivity index (χ1) is 22.6. The SMILES string of the molecule is [C-]#[N+]c1ccc2c3ccccc3n(-c3cc(-c4cccc(C#N)c4)cc(-n4c5ccccc5c5ccc(C#N)cc54)c3C#N)c2c1. The van der Waals surface area contributed by atoms with E-state index in [4.69, 9.17) is 6.57 Å². The molecule has 6 aromatic carbocycles. The number of benzene rings is 6. The van der Waals surface area contributed by atoms with Crippen LogP contribution in [0.5, 0.6) is 0 Å². The lowest BCUT2D eigenvalue weighted by molar-refractivity contribution is 1.12. The molecule has 0 amide bonds. The maximum atomic E-state index is 11.0.